The molecule has 0 aliphatic heterocycles. The SMILES string of the molecule is Cc1ccc(Br)c(C(=O)NC/C=C/CN)c1. The van der Waals surface area contributed by atoms with Crippen molar-refractivity contribution in [1.29, 1.82) is 0 Å². The summed E-state index contributed by atoms with van der Waals surface area (Å²) >= 11 is 3.35. The van der Waals surface area contributed by atoms with Crippen molar-refractivity contribution in [1.82, 2.24) is 5.32 Å². The second kappa shape index (κ2) is 6.45. The van der Waals surface area contributed by atoms with E-state index >= 15 is 0 Å². The van der Waals surface area contributed by atoms with Crippen LogP contribution in [0.2, 0.25) is 0 Å². The lowest BCUT2D eigenvalue weighted by atomic mass is 10.1. The number of nitrogens with one attached hydrogen (secondary N) is 1. The van der Waals surface area contributed by atoms with Gasteiger partial charge in [-0.1, -0.05) is 23.8 Å². The number of aryl methyl sites for hydroxylation is 1. The molecule has 0 heterocycles. The Bertz CT molecular complexity index is 402. The number of benzene rings is 1. The second-order valence-corrected chi connectivity index (χ2v) is 4.25. The van der Waals surface area contributed by atoms with Crippen LogP contribution < -0.4 is 11.1 Å². The number of halogens is 1. The normalized spacial score (nSPS) is 10.7. The molecule has 3 N–H and O–H groups in total. The summed E-state index contributed by atoms with van der Waals surface area (Å²) in [6.45, 7) is 2.94. The Morgan fingerprint density at radius 3 is 2.94 bits per heavy atom. The lowest BCUT2D eigenvalue weighted by Crippen LogP contribution is -2.23. The lowest BCUT2D eigenvalue weighted by molar-refractivity contribution is 0.0957. The molecular formula is C12H15BrN2O. The highest BCUT2D eigenvalue weighted by molar-refractivity contribution is 9.10. The number of rotatable bonds is 4. The number of amides is 1. The summed E-state index contributed by atoms with van der Waals surface area (Å²) in [6, 6.07) is 5.68. The van der Waals surface area contributed by atoms with E-state index in [9.17, 15) is 4.79 Å². The van der Waals surface area contributed by atoms with Crippen molar-refractivity contribution in [3.63, 3.8) is 0 Å². The van der Waals surface area contributed by atoms with Gasteiger partial charge in [0.15, 0.2) is 0 Å². The van der Waals surface area contributed by atoms with E-state index < -0.39 is 0 Å². The van der Waals surface area contributed by atoms with Crippen LogP contribution in [0.15, 0.2) is 34.8 Å². The molecule has 0 aliphatic carbocycles. The highest BCUT2D eigenvalue weighted by Gasteiger charge is 2.08. The molecule has 0 spiro atoms. The van der Waals surface area contributed by atoms with Crippen LogP contribution in [-0.4, -0.2) is 19.0 Å². The van der Waals surface area contributed by atoms with E-state index in [0.717, 1.165) is 10.0 Å². The number of hydrogen-bond donors (Lipinski definition) is 2. The fourth-order valence-corrected chi connectivity index (χ4v) is 1.67. The predicted octanol–water partition coefficient (Wildman–Crippen LogP) is 2.00. The summed E-state index contributed by atoms with van der Waals surface area (Å²) in [4.78, 5) is 11.8. The molecule has 1 rings (SSSR count). The minimum Gasteiger partial charge on any atom is -0.349 e. The van der Waals surface area contributed by atoms with Crippen LogP contribution in [-0.2, 0) is 0 Å². The van der Waals surface area contributed by atoms with E-state index in [0.29, 0.717) is 18.7 Å². The van der Waals surface area contributed by atoms with E-state index in [1.54, 1.807) is 0 Å². The van der Waals surface area contributed by atoms with Gasteiger partial charge in [0.1, 0.15) is 0 Å². The Morgan fingerprint density at radius 2 is 2.25 bits per heavy atom. The van der Waals surface area contributed by atoms with E-state index in [2.05, 4.69) is 21.2 Å². The van der Waals surface area contributed by atoms with Gasteiger partial charge >= 0.3 is 0 Å². The third-order valence-electron chi connectivity index (χ3n) is 2.05. The molecule has 0 aromatic heterocycles. The van der Waals surface area contributed by atoms with Gasteiger partial charge in [0.25, 0.3) is 5.91 Å². The molecule has 1 amide bonds. The van der Waals surface area contributed by atoms with Gasteiger partial charge in [0, 0.05) is 17.6 Å². The molecular weight excluding hydrogens is 268 g/mol. The van der Waals surface area contributed by atoms with E-state index in [4.69, 9.17) is 5.73 Å². The number of hydrogen-bond acceptors (Lipinski definition) is 2. The van der Waals surface area contributed by atoms with Crippen LogP contribution in [0.1, 0.15) is 15.9 Å². The maximum Gasteiger partial charge on any atom is 0.252 e. The van der Waals surface area contributed by atoms with Crippen molar-refractivity contribution < 1.29 is 4.79 Å². The molecule has 0 saturated heterocycles. The number of carbonyl (C=O) groups is 1. The third-order valence-corrected chi connectivity index (χ3v) is 2.74. The average Bonchev–Trinajstić information content (AvgIpc) is 2.27. The first kappa shape index (κ1) is 12.9. The lowest BCUT2D eigenvalue weighted by Gasteiger charge is -2.05. The van der Waals surface area contributed by atoms with Crippen LogP contribution in [0.5, 0.6) is 0 Å². The van der Waals surface area contributed by atoms with Crippen molar-refractivity contribution in [2.45, 2.75) is 6.92 Å². The van der Waals surface area contributed by atoms with Crippen LogP contribution in [0.25, 0.3) is 0 Å². The number of nitrogens with two attached hydrogens (primary N) is 1. The first-order valence-electron chi connectivity index (χ1n) is 5.04. The predicted molar refractivity (Wildman–Crippen MR) is 69.4 cm³/mol. The third kappa shape index (κ3) is 3.79. The maximum atomic E-state index is 11.8. The Kier molecular flexibility index (Phi) is 5.22. The zero-order valence-electron chi connectivity index (χ0n) is 9.16. The minimum atomic E-state index is -0.0859. The van der Waals surface area contributed by atoms with Crippen molar-refractivity contribution >= 4 is 21.8 Å². The molecule has 16 heavy (non-hydrogen) atoms. The molecule has 0 bridgehead atoms. The van der Waals surface area contributed by atoms with Gasteiger partial charge in [-0.3, -0.25) is 4.79 Å². The fourth-order valence-electron chi connectivity index (χ4n) is 1.24. The second-order valence-electron chi connectivity index (χ2n) is 3.40. The highest BCUT2D eigenvalue weighted by atomic mass is 79.9. The summed E-state index contributed by atoms with van der Waals surface area (Å²) < 4.78 is 0.804. The number of carbonyl (C=O) groups excluding carboxylic acids is 1. The Morgan fingerprint density at radius 1 is 1.50 bits per heavy atom. The summed E-state index contributed by atoms with van der Waals surface area (Å²) in [5, 5.41) is 2.79. The van der Waals surface area contributed by atoms with Crippen molar-refractivity contribution in [3.05, 3.63) is 46.0 Å². The van der Waals surface area contributed by atoms with Gasteiger partial charge in [0.2, 0.25) is 0 Å². The molecule has 0 radical (unpaired) electrons. The Balaban J connectivity index is 2.65. The molecule has 0 fully saturated rings. The molecule has 0 atom stereocenters. The van der Waals surface area contributed by atoms with E-state index in [-0.39, 0.29) is 5.91 Å². The maximum absolute atomic E-state index is 11.8. The molecule has 0 unspecified atom stereocenters. The molecule has 0 saturated carbocycles. The monoisotopic (exact) mass is 282 g/mol. The molecule has 86 valence electrons. The standard InChI is InChI=1S/C12H15BrN2O/c1-9-4-5-11(13)10(8-9)12(16)15-7-3-2-6-14/h2-5,8H,6-7,14H2,1H3,(H,15,16)/b3-2+. The summed E-state index contributed by atoms with van der Waals surface area (Å²) in [6.07, 6.45) is 3.65. The Hall–Kier alpha value is -1.13. The van der Waals surface area contributed by atoms with Gasteiger partial charge < -0.3 is 11.1 Å². The van der Waals surface area contributed by atoms with Crippen LogP contribution in [0, 0.1) is 6.92 Å². The van der Waals surface area contributed by atoms with Crippen molar-refractivity contribution in [3.8, 4) is 0 Å². The first-order chi connectivity index (χ1) is 7.65. The van der Waals surface area contributed by atoms with Crippen LogP contribution >= 0.6 is 15.9 Å². The first-order valence-corrected chi connectivity index (χ1v) is 5.84. The zero-order chi connectivity index (χ0) is 12.0. The minimum absolute atomic E-state index is 0.0859. The molecule has 1 aromatic rings. The quantitative estimate of drug-likeness (QED) is 0.830. The van der Waals surface area contributed by atoms with Gasteiger partial charge in [-0.25, -0.2) is 0 Å². The van der Waals surface area contributed by atoms with Gasteiger partial charge in [0.05, 0.1) is 5.56 Å². The summed E-state index contributed by atoms with van der Waals surface area (Å²) in [7, 11) is 0. The van der Waals surface area contributed by atoms with Gasteiger partial charge in [-0.05, 0) is 35.0 Å². The molecule has 4 heteroatoms. The van der Waals surface area contributed by atoms with Crippen molar-refractivity contribution in [2.75, 3.05) is 13.1 Å². The molecule has 0 aliphatic rings. The van der Waals surface area contributed by atoms with Crippen LogP contribution in [0.3, 0.4) is 0 Å². The largest absolute Gasteiger partial charge is 0.349 e. The zero-order valence-corrected chi connectivity index (χ0v) is 10.8. The van der Waals surface area contributed by atoms with Crippen molar-refractivity contribution in [2.24, 2.45) is 5.73 Å². The van der Waals surface area contributed by atoms with Gasteiger partial charge in [-0.2, -0.15) is 0 Å². The smallest absolute Gasteiger partial charge is 0.252 e. The van der Waals surface area contributed by atoms with Crippen LogP contribution in [0.4, 0.5) is 0 Å². The Labute approximate surface area is 104 Å². The molecule has 1 aromatic carbocycles. The average molecular weight is 283 g/mol. The topological polar surface area (TPSA) is 55.1 Å². The summed E-state index contributed by atoms with van der Waals surface area (Å²) in [5.41, 5.74) is 7.01. The fraction of sp³-hybridized carbons (Fsp3) is 0.250. The molecule has 3 nitrogen and oxygen atoms in total. The van der Waals surface area contributed by atoms with E-state index in [1.807, 2.05) is 37.3 Å². The van der Waals surface area contributed by atoms with E-state index in [1.165, 1.54) is 0 Å². The van der Waals surface area contributed by atoms with Gasteiger partial charge in [-0.15, -0.1) is 0 Å². The summed E-state index contributed by atoms with van der Waals surface area (Å²) in [5.74, 6) is -0.0859. The highest BCUT2D eigenvalue weighted by Crippen LogP contribution is 2.17.